The lowest BCUT2D eigenvalue weighted by Crippen LogP contribution is -2.33. The van der Waals surface area contributed by atoms with Crippen molar-refractivity contribution in [1.29, 1.82) is 0 Å². The zero-order chi connectivity index (χ0) is 16.4. The average Bonchev–Trinajstić information content (AvgIpc) is 3.29. The van der Waals surface area contributed by atoms with Crippen LogP contribution >= 0.6 is 0 Å². The molecule has 128 valence electrons. The van der Waals surface area contributed by atoms with Gasteiger partial charge in [0.2, 0.25) is 5.91 Å². The lowest BCUT2D eigenvalue weighted by atomic mass is 10.0. The number of rotatable bonds is 4. The van der Waals surface area contributed by atoms with Crippen molar-refractivity contribution in [2.24, 2.45) is 5.92 Å². The number of aromatic nitrogens is 1. The Hall–Kier alpha value is -2.05. The van der Waals surface area contributed by atoms with Gasteiger partial charge in [-0.25, -0.2) is 5.06 Å². The Labute approximate surface area is 141 Å². The number of carbonyl (C=O) groups is 1. The number of amides is 1. The van der Waals surface area contributed by atoms with Gasteiger partial charge in [0.25, 0.3) is 0 Å². The van der Waals surface area contributed by atoms with E-state index in [4.69, 9.17) is 9.25 Å². The van der Waals surface area contributed by atoms with Crippen molar-refractivity contribution < 1.29 is 14.0 Å². The molecule has 0 saturated carbocycles. The van der Waals surface area contributed by atoms with Gasteiger partial charge in [0.1, 0.15) is 5.76 Å². The smallest absolute Gasteiger partial charge is 0.246 e. The van der Waals surface area contributed by atoms with Crippen LogP contribution in [-0.4, -0.2) is 40.1 Å². The van der Waals surface area contributed by atoms with E-state index in [2.05, 4.69) is 27.8 Å². The molecule has 2 aliphatic heterocycles. The van der Waals surface area contributed by atoms with Gasteiger partial charge >= 0.3 is 0 Å². The zero-order valence-electron chi connectivity index (χ0n) is 13.8. The molecule has 4 heterocycles. The minimum Gasteiger partial charge on any atom is -0.468 e. The first-order valence-electron chi connectivity index (χ1n) is 8.60. The van der Waals surface area contributed by atoms with E-state index in [1.54, 1.807) is 11.3 Å². The summed E-state index contributed by atoms with van der Waals surface area (Å²) in [5, 5.41) is 1.54. The molecule has 1 fully saturated rings. The van der Waals surface area contributed by atoms with Crippen LogP contribution in [0.15, 0.2) is 41.1 Å². The molecule has 24 heavy (non-hydrogen) atoms. The Kier molecular flexibility index (Phi) is 4.40. The molecule has 1 atom stereocenters. The second-order valence-corrected chi connectivity index (χ2v) is 6.65. The number of nitrogens with zero attached hydrogens (tertiary/aromatic N) is 3. The highest BCUT2D eigenvalue weighted by Crippen LogP contribution is 2.22. The van der Waals surface area contributed by atoms with Gasteiger partial charge in [-0.05, 0) is 36.6 Å². The van der Waals surface area contributed by atoms with Gasteiger partial charge < -0.3 is 8.98 Å². The van der Waals surface area contributed by atoms with Crippen LogP contribution in [0.25, 0.3) is 0 Å². The third-order valence-electron chi connectivity index (χ3n) is 4.73. The average molecular weight is 329 g/mol. The van der Waals surface area contributed by atoms with E-state index in [0.29, 0.717) is 13.0 Å². The van der Waals surface area contributed by atoms with Crippen LogP contribution in [-0.2, 0) is 29.3 Å². The van der Waals surface area contributed by atoms with Gasteiger partial charge in [-0.3, -0.25) is 14.5 Å². The molecule has 6 nitrogen and oxygen atoms in total. The molecule has 2 aliphatic rings. The minimum absolute atomic E-state index is 0.103. The third-order valence-corrected chi connectivity index (χ3v) is 4.73. The molecule has 2 aromatic heterocycles. The van der Waals surface area contributed by atoms with E-state index in [0.717, 1.165) is 44.9 Å². The first-order valence-corrected chi connectivity index (χ1v) is 8.60. The van der Waals surface area contributed by atoms with Crippen LogP contribution in [0.3, 0.4) is 0 Å². The van der Waals surface area contributed by atoms with E-state index in [1.807, 2.05) is 12.1 Å². The van der Waals surface area contributed by atoms with Gasteiger partial charge in [0.15, 0.2) is 0 Å². The number of hydroxylamine groups is 2. The summed E-state index contributed by atoms with van der Waals surface area (Å²) >= 11 is 0. The fourth-order valence-electron chi connectivity index (χ4n) is 3.63. The Morgan fingerprint density at radius 3 is 3.00 bits per heavy atom. The molecule has 2 aromatic rings. The van der Waals surface area contributed by atoms with Crippen molar-refractivity contribution in [2.75, 3.05) is 19.7 Å². The minimum atomic E-state index is 0.103. The second kappa shape index (κ2) is 6.83. The number of hydrogen-bond donors (Lipinski definition) is 0. The van der Waals surface area contributed by atoms with E-state index >= 15 is 0 Å². The predicted molar refractivity (Wildman–Crippen MR) is 87.6 cm³/mol. The van der Waals surface area contributed by atoms with Gasteiger partial charge in [-0.1, -0.05) is 0 Å². The summed E-state index contributed by atoms with van der Waals surface area (Å²) in [5.74, 6) is 1.33. The van der Waals surface area contributed by atoms with E-state index in [1.165, 1.54) is 5.69 Å². The van der Waals surface area contributed by atoms with Crippen molar-refractivity contribution in [1.82, 2.24) is 14.5 Å². The topological polar surface area (TPSA) is 50.9 Å². The lowest BCUT2D eigenvalue weighted by Gasteiger charge is -2.24. The molecule has 1 amide bonds. The van der Waals surface area contributed by atoms with Crippen LogP contribution in [0.4, 0.5) is 0 Å². The molecule has 0 spiro atoms. The molecule has 0 bridgehead atoms. The van der Waals surface area contributed by atoms with Gasteiger partial charge in [0.05, 0.1) is 26.0 Å². The Morgan fingerprint density at radius 1 is 1.25 bits per heavy atom. The monoisotopic (exact) mass is 329 g/mol. The Bertz CT molecular complexity index is 674. The maximum atomic E-state index is 12.5. The number of carbonyl (C=O) groups excluding carboxylic acids is 1. The lowest BCUT2D eigenvalue weighted by molar-refractivity contribution is -0.170. The standard InChI is InChI=1S/C18H23N3O3/c22-18(21-7-3-9-24-21)10-15-11-19(14-17-5-2-8-23-17)13-16-4-1-6-20(16)12-15/h1-2,4-6,8,15H,3,7,9-14H2/t15-/m0/s1. The maximum absolute atomic E-state index is 12.5. The summed E-state index contributed by atoms with van der Waals surface area (Å²) in [5.41, 5.74) is 1.29. The fourth-order valence-corrected chi connectivity index (χ4v) is 3.63. The maximum Gasteiger partial charge on any atom is 0.246 e. The quantitative estimate of drug-likeness (QED) is 0.863. The molecule has 0 N–H and O–H groups in total. The fraction of sp³-hybridized carbons (Fsp3) is 0.500. The summed E-state index contributed by atoms with van der Waals surface area (Å²) in [4.78, 5) is 20.2. The van der Waals surface area contributed by atoms with E-state index in [-0.39, 0.29) is 11.8 Å². The van der Waals surface area contributed by atoms with Crippen molar-refractivity contribution in [2.45, 2.75) is 32.5 Å². The van der Waals surface area contributed by atoms with Crippen LogP contribution in [0.5, 0.6) is 0 Å². The summed E-state index contributed by atoms with van der Waals surface area (Å²) in [6.45, 7) is 4.76. The molecule has 0 radical (unpaired) electrons. The molecule has 0 aromatic carbocycles. The van der Waals surface area contributed by atoms with Crippen molar-refractivity contribution in [3.63, 3.8) is 0 Å². The second-order valence-electron chi connectivity index (χ2n) is 6.65. The summed E-state index contributed by atoms with van der Waals surface area (Å²) in [6.07, 6.45) is 5.27. The molecular formula is C18H23N3O3. The highest BCUT2D eigenvalue weighted by Gasteiger charge is 2.27. The van der Waals surface area contributed by atoms with Crippen molar-refractivity contribution >= 4 is 5.91 Å². The molecule has 6 heteroatoms. The van der Waals surface area contributed by atoms with Crippen molar-refractivity contribution in [3.05, 3.63) is 48.2 Å². The molecule has 1 saturated heterocycles. The van der Waals surface area contributed by atoms with Gasteiger partial charge in [-0.15, -0.1) is 0 Å². The molecular weight excluding hydrogens is 306 g/mol. The number of fused-ring (bicyclic) bond motifs is 1. The molecule has 0 unspecified atom stereocenters. The summed E-state index contributed by atoms with van der Waals surface area (Å²) < 4.78 is 7.77. The third kappa shape index (κ3) is 3.39. The van der Waals surface area contributed by atoms with Gasteiger partial charge in [-0.2, -0.15) is 0 Å². The Balaban J connectivity index is 1.47. The van der Waals surface area contributed by atoms with E-state index in [9.17, 15) is 4.79 Å². The van der Waals surface area contributed by atoms with Crippen LogP contribution in [0, 0.1) is 5.92 Å². The largest absolute Gasteiger partial charge is 0.468 e. The van der Waals surface area contributed by atoms with E-state index < -0.39 is 0 Å². The highest BCUT2D eigenvalue weighted by molar-refractivity contribution is 5.75. The molecule has 4 rings (SSSR count). The first kappa shape index (κ1) is 15.5. The normalized spacial score (nSPS) is 21.7. The molecule has 0 aliphatic carbocycles. The SMILES string of the molecule is O=C(C[C@H]1CN(Cc2ccco2)Cc2cccn2C1)N1CCCO1. The van der Waals surface area contributed by atoms with Gasteiger partial charge in [0, 0.05) is 37.9 Å². The zero-order valence-corrected chi connectivity index (χ0v) is 13.8. The summed E-state index contributed by atoms with van der Waals surface area (Å²) in [6, 6.07) is 8.15. The van der Waals surface area contributed by atoms with Crippen LogP contribution < -0.4 is 0 Å². The predicted octanol–water partition coefficient (Wildman–Crippen LogP) is 2.27. The van der Waals surface area contributed by atoms with Crippen molar-refractivity contribution in [3.8, 4) is 0 Å². The Morgan fingerprint density at radius 2 is 2.21 bits per heavy atom. The number of hydrogen-bond acceptors (Lipinski definition) is 4. The first-order chi connectivity index (χ1) is 11.8. The number of furan rings is 1. The van der Waals surface area contributed by atoms with Crippen LogP contribution in [0.2, 0.25) is 0 Å². The highest BCUT2D eigenvalue weighted by atomic mass is 16.7. The van der Waals surface area contributed by atoms with Crippen LogP contribution in [0.1, 0.15) is 24.3 Å². The summed E-state index contributed by atoms with van der Waals surface area (Å²) in [7, 11) is 0.